The van der Waals surface area contributed by atoms with Crippen LogP contribution in [0.25, 0.3) is 0 Å². The van der Waals surface area contributed by atoms with Crippen LogP contribution in [0, 0.1) is 11.8 Å². The lowest BCUT2D eigenvalue weighted by Crippen LogP contribution is -2.50. The molecule has 4 rings (SSSR count). The summed E-state index contributed by atoms with van der Waals surface area (Å²) in [4.78, 5) is 5.10. The van der Waals surface area contributed by atoms with E-state index >= 15 is 0 Å². The molecular weight excluding hydrogens is 174 g/mol. The van der Waals surface area contributed by atoms with Gasteiger partial charge in [0, 0.05) is 38.8 Å². The Morgan fingerprint density at radius 3 is 2.57 bits per heavy atom. The van der Waals surface area contributed by atoms with Crippen LogP contribution in [0.3, 0.4) is 0 Å². The molecular formula is C11H21N3. The number of hydrogen-bond donors (Lipinski definition) is 1. The minimum absolute atomic E-state index is 0.875. The molecule has 3 atom stereocenters. The molecule has 0 amide bonds. The van der Waals surface area contributed by atoms with Crippen LogP contribution < -0.4 is 5.32 Å². The van der Waals surface area contributed by atoms with Gasteiger partial charge in [-0.3, -0.25) is 0 Å². The molecule has 0 aromatic heterocycles. The normalized spacial score (nSPS) is 43.9. The third-order valence-electron chi connectivity index (χ3n) is 4.39. The molecule has 4 fully saturated rings. The van der Waals surface area contributed by atoms with Crippen LogP contribution in [-0.4, -0.2) is 62.2 Å². The molecule has 0 aromatic carbocycles. The zero-order chi connectivity index (χ0) is 9.54. The second-order valence-corrected chi connectivity index (χ2v) is 5.28. The van der Waals surface area contributed by atoms with Crippen molar-refractivity contribution in [2.24, 2.45) is 11.8 Å². The lowest BCUT2D eigenvalue weighted by atomic mass is 9.73. The summed E-state index contributed by atoms with van der Waals surface area (Å²) in [7, 11) is 2.23. The number of nitrogens with one attached hydrogen (secondary N) is 1. The first kappa shape index (κ1) is 9.13. The van der Waals surface area contributed by atoms with Crippen molar-refractivity contribution in [2.45, 2.75) is 12.5 Å². The van der Waals surface area contributed by atoms with E-state index in [4.69, 9.17) is 0 Å². The van der Waals surface area contributed by atoms with E-state index in [0.717, 1.165) is 17.9 Å². The molecule has 1 N–H and O–H groups in total. The van der Waals surface area contributed by atoms with Gasteiger partial charge in [-0.1, -0.05) is 0 Å². The highest BCUT2D eigenvalue weighted by Crippen LogP contribution is 2.40. The van der Waals surface area contributed by atoms with Crippen molar-refractivity contribution in [3.05, 3.63) is 0 Å². The Kier molecular flexibility index (Phi) is 2.26. The molecule has 2 bridgehead atoms. The van der Waals surface area contributed by atoms with Crippen molar-refractivity contribution >= 4 is 0 Å². The molecule has 0 spiro atoms. The standard InChI is InChI=1S/C11H21N3/c1-13-2-4-14(5-3-13)8-10-9-6-11(10)12-7-9/h9-12H,2-8H2,1H3. The summed E-state index contributed by atoms with van der Waals surface area (Å²) < 4.78 is 0. The van der Waals surface area contributed by atoms with Crippen LogP contribution in [0.1, 0.15) is 6.42 Å². The van der Waals surface area contributed by atoms with E-state index in [1.807, 2.05) is 0 Å². The molecule has 14 heavy (non-hydrogen) atoms. The van der Waals surface area contributed by atoms with Crippen LogP contribution in [0.2, 0.25) is 0 Å². The fourth-order valence-corrected chi connectivity index (χ4v) is 3.19. The van der Waals surface area contributed by atoms with Crippen LogP contribution in [-0.2, 0) is 0 Å². The van der Waals surface area contributed by atoms with Gasteiger partial charge in [0.1, 0.15) is 0 Å². The van der Waals surface area contributed by atoms with Gasteiger partial charge < -0.3 is 15.1 Å². The molecule has 0 aromatic rings. The lowest BCUT2D eigenvalue weighted by molar-refractivity contribution is 0.0907. The summed E-state index contributed by atoms with van der Waals surface area (Å²) in [6, 6.07) is 0.875. The van der Waals surface area contributed by atoms with Crippen LogP contribution in [0.4, 0.5) is 0 Å². The number of piperazine rings is 1. The molecule has 1 aliphatic carbocycles. The largest absolute Gasteiger partial charge is 0.313 e. The zero-order valence-corrected chi connectivity index (χ0v) is 9.08. The van der Waals surface area contributed by atoms with Crippen molar-refractivity contribution in [1.29, 1.82) is 0 Å². The Bertz CT molecular complexity index is 197. The van der Waals surface area contributed by atoms with Crippen molar-refractivity contribution in [3.8, 4) is 0 Å². The maximum atomic E-state index is 3.60. The Morgan fingerprint density at radius 2 is 2.00 bits per heavy atom. The molecule has 80 valence electrons. The number of rotatable bonds is 2. The van der Waals surface area contributed by atoms with Gasteiger partial charge in [-0.05, 0) is 31.8 Å². The fourth-order valence-electron chi connectivity index (χ4n) is 3.19. The summed E-state index contributed by atoms with van der Waals surface area (Å²) in [5, 5.41) is 3.60. The van der Waals surface area contributed by atoms with E-state index in [1.54, 1.807) is 0 Å². The number of nitrogens with zero attached hydrogens (tertiary/aromatic N) is 2. The fraction of sp³-hybridized carbons (Fsp3) is 1.00. The van der Waals surface area contributed by atoms with E-state index in [1.165, 1.54) is 45.7 Å². The first-order chi connectivity index (χ1) is 6.83. The van der Waals surface area contributed by atoms with Gasteiger partial charge in [0.05, 0.1) is 0 Å². The molecule has 3 nitrogen and oxygen atoms in total. The molecule has 4 aliphatic rings. The van der Waals surface area contributed by atoms with Crippen LogP contribution in [0.5, 0.6) is 0 Å². The smallest absolute Gasteiger partial charge is 0.0114 e. The summed E-state index contributed by atoms with van der Waals surface area (Å²) >= 11 is 0. The number of hydrogen-bond acceptors (Lipinski definition) is 3. The molecule has 3 saturated heterocycles. The van der Waals surface area contributed by atoms with Crippen LogP contribution >= 0.6 is 0 Å². The second-order valence-electron chi connectivity index (χ2n) is 5.28. The minimum atomic E-state index is 0.875. The maximum Gasteiger partial charge on any atom is 0.0114 e. The SMILES string of the molecule is CN1CCN(CC2C3CNC2C3)CC1. The molecule has 1 saturated carbocycles. The minimum Gasteiger partial charge on any atom is -0.313 e. The highest BCUT2D eigenvalue weighted by atomic mass is 15.3. The summed E-state index contributed by atoms with van der Waals surface area (Å²) in [6.45, 7) is 7.74. The van der Waals surface area contributed by atoms with Gasteiger partial charge in [-0.25, -0.2) is 0 Å². The van der Waals surface area contributed by atoms with Crippen molar-refractivity contribution in [1.82, 2.24) is 15.1 Å². The van der Waals surface area contributed by atoms with Crippen molar-refractivity contribution in [3.63, 3.8) is 0 Å². The molecule has 3 heteroatoms. The van der Waals surface area contributed by atoms with E-state index in [0.29, 0.717) is 0 Å². The lowest BCUT2D eigenvalue weighted by Gasteiger charge is -2.41. The first-order valence-corrected chi connectivity index (χ1v) is 5.97. The third kappa shape index (κ3) is 1.47. The van der Waals surface area contributed by atoms with Crippen molar-refractivity contribution < 1.29 is 0 Å². The Balaban J connectivity index is 1.49. The Labute approximate surface area is 86.4 Å². The summed E-state index contributed by atoms with van der Waals surface area (Å²) in [5.74, 6) is 2.00. The topological polar surface area (TPSA) is 18.5 Å². The highest BCUT2D eigenvalue weighted by molar-refractivity contribution is 5.03. The average molecular weight is 195 g/mol. The zero-order valence-electron chi connectivity index (χ0n) is 9.08. The van der Waals surface area contributed by atoms with Gasteiger partial charge in [-0.15, -0.1) is 0 Å². The van der Waals surface area contributed by atoms with E-state index in [2.05, 4.69) is 22.2 Å². The van der Waals surface area contributed by atoms with E-state index in [-0.39, 0.29) is 0 Å². The monoisotopic (exact) mass is 195 g/mol. The van der Waals surface area contributed by atoms with Crippen LogP contribution in [0.15, 0.2) is 0 Å². The van der Waals surface area contributed by atoms with Gasteiger partial charge in [0.2, 0.25) is 0 Å². The van der Waals surface area contributed by atoms with Gasteiger partial charge >= 0.3 is 0 Å². The van der Waals surface area contributed by atoms with Gasteiger partial charge in [-0.2, -0.15) is 0 Å². The second kappa shape index (κ2) is 3.47. The molecule has 3 aliphatic heterocycles. The number of likely N-dealkylation sites (N-methyl/N-ethyl adjacent to an activating group) is 1. The molecule has 0 radical (unpaired) electrons. The van der Waals surface area contributed by atoms with E-state index in [9.17, 15) is 0 Å². The Hall–Kier alpha value is -0.120. The molecule has 3 unspecified atom stereocenters. The third-order valence-corrected chi connectivity index (χ3v) is 4.39. The quantitative estimate of drug-likeness (QED) is 0.660. The predicted molar refractivity (Wildman–Crippen MR) is 57.3 cm³/mol. The average Bonchev–Trinajstić information content (AvgIpc) is 2.78. The van der Waals surface area contributed by atoms with Gasteiger partial charge in [0.15, 0.2) is 0 Å². The summed E-state index contributed by atoms with van der Waals surface area (Å²) in [5.41, 5.74) is 0. The Morgan fingerprint density at radius 1 is 1.21 bits per heavy atom. The molecule has 3 heterocycles. The maximum absolute atomic E-state index is 3.60. The van der Waals surface area contributed by atoms with Crippen molar-refractivity contribution in [2.75, 3.05) is 46.3 Å². The number of fused-ring (bicyclic) bond motifs is 1. The van der Waals surface area contributed by atoms with E-state index < -0.39 is 0 Å². The highest BCUT2D eigenvalue weighted by Gasteiger charge is 2.46. The summed E-state index contributed by atoms with van der Waals surface area (Å²) in [6.07, 6.45) is 1.46. The van der Waals surface area contributed by atoms with Gasteiger partial charge in [0.25, 0.3) is 0 Å². The first-order valence-electron chi connectivity index (χ1n) is 5.97. The predicted octanol–water partition coefficient (Wildman–Crippen LogP) is -0.158.